The van der Waals surface area contributed by atoms with Crippen molar-refractivity contribution < 1.29 is 14.3 Å². The lowest BCUT2D eigenvalue weighted by atomic mass is 10.1. The Balaban J connectivity index is 1.35. The molecule has 1 amide bonds. The van der Waals surface area contributed by atoms with Crippen LogP contribution in [0.1, 0.15) is 9.67 Å². The number of nitrogens with one attached hydrogen (secondary N) is 3. The van der Waals surface area contributed by atoms with Crippen molar-refractivity contribution in [3.8, 4) is 11.3 Å². The van der Waals surface area contributed by atoms with Crippen LogP contribution < -0.4 is 16.0 Å². The average molecular weight is 458 g/mol. The minimum atomic E-state index is -0.379. The van der Waals surface area contributed by atoms with Crippen molar-refractivity contribution in [2.24, 2.45) is 0 Å². The van der Waals surface area contributed by atoms with Crippen molar-refractivity contribution in [1.29, 1.82) is 0 Å². The Morgan fingerprint density at radius 3 is 2.61 bits per heavy atom. The van der Waals surface area contributed by atoms with Crippen LogP contribution in [-0.2, 0) is 0 Å². The SMILES string of the molecule is O=C(Nc1ccc(-c2ccc(F)cn2)cc1)c1cc2sc(NCCNCCO)nc2s1. The third-order valence-electron chi connectivity index (χ3n) is 4.35. The first-order valence-corrected chi connectivity index (χ1v) is 11.2. The van der Waals surface area contributed by atoms with Gasteiger partial charge in [0, 0.05) is 30.9 Å². The molecule has 0 fully saturated rings. The Morgan fingerprint density at radius 2 is 1.90 bits per heavy atom. The minimum absolute atomic E-state index is 0.118. The summed E-state index contributed by atoms with van der Waals surface area (Å²) in [5.41, 5.74) is 2.17. The molecular formula is C21H20FN5O2S2. The van der Waals surface area contributed by atoms with Gasteiger partial charge in [0.15, 0.2) is 5.13 Å². The minimum Gasteiger partial charge on any atom is -0.395 e. The largest absolute Gasteiger partial charge is 0.395 e. The van der Waals surface area contributed by atoms with E-state index in [4.69, 9.17) is 5.11 Å². The highest BCUT2D eigenvalue weighted by Gasteiger charge is 2.14. The van der Waals surface area contributed by atoms with E-state index in [9.17, 15) is 9.18 Å². The second-order valence-corrected chi connectivity index (χ2v) is 8.65. The van der Waals surface area contributed by atoms with E-state index in [2.05, 4.69) is 25.9 Å². The molecule has 3 aromatic heterocycles. The zero-order valence-corrected chi connectivity index (χ0v) is 18.0. The Morgan fingerprint density at radius 1 is 1.06 bits per heavy atom. The maximum atomic E-state index is 13.0. The molecule has 0 aliphatic rings. The van der Waals surface area contributed by atoms with Gasteiger partial charge in [0.1, 0.15) is 10.6 Å². The van der Waals surface area contributed by atoms with Gasteiger partial charge in [-0.2, -0.15) is 0 Å². The molecule has 10 heteroatoms. The van der Waals surface area contributed by atoms with Gasteiger partial charge in [-0.1, -0.05) is 23.5 Å². The summed E-state index contributed by atoms with van der Waals surface area (Å²) in [7, 11) is 0. The standard InChI is InChI=1S/C21H20FN5O2S2/c22-14-3-6-16(25-12-14)13-1-4-15(5-2-13)26-19(29)17-11-18-20(30-17)27-21(31-18)24-8-7-23-9-10-28/h1-6,11-12,23,28H,7-10H2,(H,24,27)(H,26,29). The first-order chi connectivity index (χ1) is 15.1. The number of benzene rings is 1. The number of fused-ring (bicyclic) bond motifs is 1. The van der Waals surface area contributed by atoms with Crippen molar-refractivity contribution in [3.05, 3.63) is 59.4 Å². The lowest BCUT2D eigenvalue weighted by Crippen LogP contribution is -2.24. The van der Waals surface area contributed by atoms with E-state index in [-0.39, 0.29) is 18.3 Å². The van der Waals surface area contributed by atoms with Crippen LogP contribution in [0.4, 0.5) is 15.2 Å². The predicted octanol–water partition coefficient (Wildman–Crippen LogP) is 3.81. The van der Waals surface area contributed by atoms with Crippen LogP contribution in [0.3, 0.4) is 0 Å². The van der Waals surface area contributed by atoms with Gasteiger partial charge in [-0.3, -0.25) is 9.78 Å². The highest BCUT2D eigenvalue weighted by molar-refractivity contribution is 7.29. The number of anilines is 2. The highest BCUT2D eigenvalue weighted by Crippen LogP contribution is 2.33. The fraction of sp³-hybridized carbons (Fsp3) is 0.190. The van der Waals surface area contributed by atoms with E-state index >= 15 is 0 Å². The number of thiophene rings is 1. The summed E-state index contributed by atoms with van der Waals surface area (Å²) < 4.78 is 14.0. The molecule has 3 heterocycles. The number of thiazole rings is 1. The molecule has 0 saturated heterocycles. The zero-order chi connectivity index (χ0) is 21.6. The normalized spacial score (nSPS) is 11.0. The number of carbonyl (C=O) groups excluding carboxylic acids is 1. The number of halogens is 1. The van der Waals surface area contributed by atoms with Crippen molar-refractivity contribution in [2.45, 2.75) is 0 Å². The number of nitrogens with zero attached hydrogens (tertiary/aromatic N) is 2. The van der Waals surface area contributed by atoms with Gasteiger partial charge in [0.25, 0.3) is 5.91 Å². The van der Waals surface area contributed by atoms with Crippen LogP contribution in [0, 0.1) is 5.82 Å². The molecule has 4 aromatic rings. The summed E-state index contributed by atoms with van der Waals surface area (Å²) in [4.78, 5) is 22.6. The van der Waals surface area contributed by atoms with Gasteiger partial charge in [-0.05, 0) is 30.3 Å². The second kappa shape index (κ2) is 9.92. The molecule has 4 rings (SSSR count). The first kappa shape index (κ1) is 21.3. The summed E-state index contributed by atoms with van der Waals surface area (Å²) in [5.74, 6) is -0.568. The lowest BCUT2D eigenvalue weighted by molar-refractivity contribution is 0.103. The van der Waals surface area contributed by atoms with Crippen molar-refractivity contribution in [3.63, 3.8) is 0 Å². The number of hydrogen-bond acceptors (Lipinski definition) is 8. The molecule has 1 aromatic carbocycles. The molecule has 0 radical (unpaired) electrons. The Labute approximate surface area is 186 Å². The van der Waals surface area contributed by atoms with E-state index in [1.54, 1.807) is 18.2 Å². The number of rotatable bonds is 9. The molecule has 4 N–H and O–H groups in total. The number of amides is 1. The number of aliphatic hydroxyl groups is 1. The molecular weight excluding hydrogens is 437 g/mol. The molecule has 0 bridgehead atoms. The average Bonchev–Trinajstić information content (AvgIpc) is 3.34. The number of carbonyl (C=O) groups is 1. The van der Waals surface area contributed by atoms with Crippen molar-refractivity contribution in [2.75, 3.05) is 36.9 Å². The molecule has 31 heavy (non-hydrogen) atoms. The van der Waals surface area contributed by atoms with Gasteiger partial charge in [0.05, 0.1) is 28.1 Å². The molecule has 0 aliphatic carbocycles. The number of pyridine rings is 1. The Kier molecular flexibility index (Phi) is 6.82. The van der Waals surface area contributed by atoms with Crippen LogP contribution in [0.2, 0.25) is 0 Å². The molecule has 160 valence electrons. The van der Waals surface area contributed by atoms with Crippen LogP contribution >= 0.6 is 22.7 Å². The third-order valence-corrected chi connectivity index (χ3v) is 6.46. The summed E-state index contributed by atoms with van der Waals surface area (Å²) in [5, 5.41) is 18.8. The molecule has 7 nitrogen and oxygen atoms in total. The summed E-state index contributed by atoms with van der Waals surface area (Å²) in [6.07, 6.45) is 1.18. The number of hydrogen-bond donors (Lipinski definition) is 4. The van der Waals surface area contributed by atoms with Crippen molar-refractivity contribution in [1.82, 2.24) is 15.3 Å². The predicted molar refractivity (Wildman–Crippen MR) is 124 cm³/mol. The Hall–Kier alpha value is -2.92. The quantitative estimate of drug-likeness (QED) is 0.285. The fourth-order valence-corrected chi connectivity index (χ4v) is 4.88. The van der Waals surface area contributed by atoms with Crippen molar-refractivity contribution >= 4 is 48.9 Å². The van der Waals surface area contributed by atoms with Crippen LogP contribution in [0.15, 0.2) is 48.7 Å². The summed E-state index contributed by atoms with van der Waals surface area (Å²) in [6.45, 7) is 2.13. The van der Waals surface area contributed by atoms with Gasteiger partial charge in [-0.25, -0.2) is 9.37 Å². The fourth-order valence-electron chi connectivity index (χ4n) is 2.85. The maximum absolute atomic E-state index is 13.0. The topological polar surface area (TPSA) is 99.2 Å². The van der Waals surface area contributed by atoms with Gasteiger partial charge >= 0.3 is 0 Å². The Bertz CT molecular complexity index is 1130. The van der Waals surface area contributed by atoms with E-state index < -0.39 is 0 Å². The number of aromatic nitrogens is 2. The number of aliphatic hydroxyl groups excluding tert-OH is 1. The molecule has 0 saturated carbocycles. The van der Waals surface area contributed by atoms with Crippen LogP contribution in [0.25, 0.3) is 20.8 Å². The van der Waals surface area contributed by atoms with Gasteiger partial charge < -0.3 is 21.1 Å². The van der Waals surface area contributed by atoms with Crippen LogP contribution in [0.5, 0.6) is 0 Å². The van der Waals surface area contributed by atoms with Gasteiger partial charge in [-0.15, -0.1) is 11.3 Å². The highest BCUT2D eigenvalue weighted by atomic mass is 32.1. The molecule has 0 spiro atoms. The van der Waals surface area contributed by atoms with Crippen LogP contribution in [-0.4, -0.2) is 47.2 Å². The molecule has 0 unspecified atom stereocenters. The first-order valence-electron chi connectivity index (χ1n) is 9.61. The maximum Gasteiger partial charge on any atom is 0.265 e. The lowest BCUT2D eigenvalue weighted by Gasteiger charge is -2.05. The van der Waals surface area contributed by atoms with Gasteiger partial charge in [0.2, 0.25) is 0 Å². The smallest absolute Gasteiger partial charge is 0.265 e. The van der Waals surface area contributed by atoms with E-state index in [1.165, 1.54) is 34.9 Å². The van der Waals surface area contributed by atoms with E-state index in [0.29, 0.717) is 29.3 Å². The van der Waals surface area contributed by atoms with E-state index in [0.717, 1.165) is 26.8 Å². The van der Waals surface area contributed by atoms with E-state index in [1.807, 2.05) is 18.2 Å². The zero-order valence-electron chi connectivity index (χ0n) is 16.4. The third kappa shape index (κ3) is 5.42. The molecule has 0 aliphatic heterocycles. The summed E-state index contributed by atoms with van der Waals surface area (Å²) in [6, 6.07) is 12.1. The second-order valence-electron chi connectivity index (χ2n) is 6.59. The summed E-state index contributed by atoms with van der Waals surface area (Å²) >= 11 is 2.85. The monoisotopic (exact) mass is 457 g/mol. The molecule has 0 atom stereocenters.